The van der Waals surface area contributed by atoms with Gasteiger partial charge in [-0.2, -0.15) is 0 Å². The summed E-state index contributed by atoms with van der Waals surface area (Å²) in [6.07, 6.45) is 0.0277. The molecule has 1 atom stereocenters. The second kappa shape index (κ2) is 8.72. The minimum absolute atomic E-state index is 0.119. The summed E-state index contributed by atoms with van der Waals surface area (Å²) in [6, 6.07) is 7.21. The minimum Gasteiger partial charge on any atom is -0.442 e. The minimum atomic E-state index is -0.610. The summed E-state index contributed by atoms with van der Waals surface area (Å²) in [7, 11) is 1.66. The molecule has 0 bridgehead atoms. The van der Waals surface area contributed by atoms with Gasteiger partial charge in [0, 0.05) is 20.0 Å². The average Bonchev–Trinajstić information content (AvgIpc) is 3.07. The van der Waals surface area contributed by atoms with Crippen LogP contribution >= 0.6 is 0 Å². The molecule has 158 valence electrons. The molecule has 1 saturated heterocycles. The number of cyclic esters (lactones) is 1. The van der Waals surface area contributed by atoms with Crippen LogP contribution in [0.25, 0.3) is 0 Å². The number of pyridine rings is 1. The van der Waals surface area contributed by atoms with E-state index in [1.165, 1.54) is 36.1 Å². The molecule has 0 unspecified atom stereocenters. The maximum Gasteiger partial charge on any atom is 0.414 e. The molecule has 2 aromatic rings. The summed E-state index contributed by atoms with van der Waals surface area (Å²) < 4.78 is 19.9. The van der Waals surface area contributed by atoms with Crippen LogP contribution in [0.5, 0.6) is 0 Å². The van der Waals surface area contributed by atoms with Gasteiger partial charge in [0.1, 0.15) is 18.1 Å². The van der Waals surface area contributed by atoms with Crippen LogP contribution in [0.2, 0.25) is 0 Å². The molecule has 11 heteroatoms. The Morgan fingerprint density at radius 1 is 1.43 bits per heavy atom. The summed E-state index contributed by atoms with van der Waals surface area (Å²) in [5.74, 6) is -0.777. The number of carbonyl (C=O) groups excluding carboxylic acids is 2. The van der Waals surface area contributed by atoms with Crippen LogP contribution in [0.1, 0.15) is 12.6 Å². The van der Waals surface area contributed by atoms with Gasteiger partial charge in [0.15, 0.2) is 0 Å². The largest absolute Gasteiger partial charge is 0.442 e. The highest BCUT2D eigenvalue weighted by molar-refractivity contribution is 5.90. The third kappa shape index (κ3) is 4.80. The summed E-state index contributed by atoms with van der Waals surface area (Å²) in [5, 5.41) is 13.3. The van der Waals surface area contributed by atoms with Gasteiger partial charge in [-0.15, -0.1) is 0 Å². The Bertz CT molecular complexity index is 968. The second-order valence-electron chi connectivity index (χ2n) is 6.81. The van der Waals surface area contributed by atoms with Gasteiger partial charge in [0.2, 0.25) is 5.91 Å². The van der Waals surface area contributed by atoms with Gasteiger partial charge < -0.3 is 15.0 Å². The summed E-state index contributed by atoms with van der Waals surface area (Å²) in [4.78, 5) is 40.2. The molecule has 2 heterocycles. The highest BCUT2D eigenvalue weighted by atomic mass is 19.1. The van der Waals surface area contributed by atoms with Crippen LogP contribution < -0.4 is 15.1 Å². The lowest BCUT2D eigenvalue weighted by Gasteiger charge is -2.21. The number of aromatic nitrogens is 1. The van der Waals surface area contributed by atoms with Gasteiger partial charge in [-0.05, 0) is 24.3 Å². The Labute approximate surface area is 171 Å². The predicted molar refractivity (Wildman–Crippen MR) is 106 cm³/mol. The molecule has 1 N–H and O–H groups in total. The third-order valence-electron chi connectivity index (χ3n) is 4.53. The van der Waals surface area contributed by atoms with Gasteiger partial charge in [0.05, 0.1) is 41.6 Å². The fourth-order valence-corrected chi connectivity index (χ4v) is 3.02. The lowest BCUT2D eigenvalue weighted by molar-refractivity contribution is -0.385. The molecule has 0 aliphatic carbocycles. The molecule has 3 rings (SSSR count). The number of anilines is 2. The average molecular weight is 417 g/mol. The number of ether oxygens (including phenoxy) is 1. The van der Waals surface area contributed by atoms with Gasteiger partial charge in [-0.25, -0.2) is 9.18 Å². The lowest BCUT2D eigenvalue weighted by atomic mass is 10.2. The van der Waals surface area contributed by atoms with Crippen molar-refractivity contribution < 1.29 is 23.6 Å². The van der Waals surface area contributed by atoms with Crippen molar-refractivity contribution in [3.8, 4) is 0 Å². The number of nitro groups is 1. The molecule has 0 spiro atoms. The van der Waals surface area contributed by atoms with E-state index in [2.05, 4.69) is 10.3 Å². The zero-order valence-electron chi connectivity index (χ0n) is 16.4. The first-order valence-corrected chi connectivity index (χ1v) is 9.07. The van der Waals surface area contributed by atoms with Gasteiger partial charge >= 0.3 is 6.09 Å². The Morgan fingerprint density at radius 2 is 2.20 bits per heavy atom. The van der Waals surface area contributed by atoms with Crippen LogP contribution in [0.3, 0.4) is 0 Å². The number of nitrogens with zero attached hydrogens (tertiary/aromatic N) is 4. The number of nitrogens with one attached hydrogen (secondary N) is 1. The summed E-state index contributed by atoms with van der Waals surface area (Å²) in [6.45, 7) is 1.98. The number of carbonyl (C=O) groups is 2. The van der Waals surface area contributed by atoms with Crippen molar-refractivity contribution in [1.29, 1.82) is 0 Å². The van der Waals surface area contributed by atoms with Gasteiger partial charge in [-0.3, -0.25) is 24.8 Å². The number of benzene rings is 1. The predicted octanol–water partition coefficient (Wildman–Crippen LogP) is 2.23. The van der Waals surface area contributed by atoms with Crippen molar-refractivity contribution in [3.05, 3.63) is 58.2 Å². The van der Waals surface area contributed by atoms with E-state index in [1.807, 2.05) is 0 Å². The van der Waals surface area contributed by atoms with Crippen LogP contribution in [-0.2, 0) is 16.1 Å². The van der Waals surface area contributed by atoms with Crippen LogP contribution in [0, 0.1) is 15.9 Å². The molecule has 1 aliphatic heterocycles. The zero-order valence-corrected chi connectivity index (χ0v) is 16.4. The number of hydrogen-bond donors (Lipinski definition) is 1. The number of amides is 2. The van der Waals surface area contributed by atoms with E-state index in [1.54, 1.807) is 18.0 Å². The first-order valence-electron chi connectivity index (χ1n) is 9.07. The Balaban J connectivity index is 1.68. The van der Waals surface area contributed by atoms with Crippen LogP contribution in [-0.4, -0.2) is 48.1 Å². The fraction of sp³-hybridized carbons (Fsp3) is 0.316. The third-order valence-corrected chi connectivity index (χ3v) is 4.53. The lowest BCUT2D eigenvalue weighted by Crippen LogP contribution is -2.33. The maximum atomic E-state index is 14.7. The van der Waals surface area contributed by atoms with E-state index in [4.69, 9.17) is 4.74 Å². The van der Waals surface area contributed by atoms with E-state index in [0.717, 1.165) is 6.20 Å². The van der Waals surface area contributed by atoms with Crippen molar-refractivity contribution in [2.75, 3.05) is 29.9 Å². The second-order valence-corrected chi connectivity index (χ2v) is 6.81. The topological polar surface area (TPSA) is 118 Å². The highest BCUT2D eigenvalue weighted by Crippen LogP contribution is 2.28. The van der Waals surface area contributed by atoms with E-state index < -0.39 is 22.9 Å². The molecule has 10 nitrogen and oxygen atoms in total. The molecular weight excluding hydrogens is 397 g/mol. The standard InChI is InChI=1S/C19H20FN5O5/c1-12(26)21-9-16-11-24(19(27)30-16)14-5-6-18(17(20)7-14)23(2)10-13-3-4-15(8-22-13)25(28)29/h3-8,16H,9-11H2,1-2H3,(H,21,26)/t16-/m0/s1. The van der Waals surface area contributed by atoms with Crippen molar-refractivity contribution in [1.82, 2.24) is 10.3 Å². The molecule has 1 aromatic heterocycles. The number of rotatable bonds is 7. The Morgan fingerprint density at radius 3 is 2.80 bits per heavy atom. The molecule has 1 aliphatic rings. The van der Waals surface area contributed by atoms with Crippen molar-refractivity contribution in [3.63, 3.8) is 0 Å². The Kier molecular flexibility index (Phi) is 6.09. The Hall–Kier alpha value is -3.76. The van der Waals surface area contributed by atoms with Gasteiger partial charge in [-0.1, -0.05) is 0 Å². The van der Waals surface area contributed by atoms with Crippen LogP contribution in [0.15, 0.2) is 36.5 Å². The van der Waals surface area contributed by atoms with E-state index in [-0.39, 0.29) is 36.9 Å². The monoisotopic (exact) mass is 417 g/mol. The molecule has 1 fully saturated rings. The molecule has 30 heavy (non-hydrogen) atoms. The highest BCUT2D eigenvalue weighted by Gasteiger charge is 2.32. The number of halogens is 1. The normalized spacial score (nSPS) is 15.6. The number of hydrogen-bond acceptors (Lipinski definition) is 7. The molecule has 2 amide bonds. The van der Waals surface area contributed by atoms with Crippen LogP contribution in [0.4, 0.5) is 26.2 Å². The molecule has 0 saturated carbocycles. The molecule has 1 aromatic carbocycles. The first kappa shape index (κ1) is 21.0. The van der Waals surface area contributed by atoms with E-state index >= 15 is 0 Å². The first-order chi connectivity index (χ1) is 14.2. The van der Waals surface area contributed by atoms with Gasteiger partial charge in [0.25, 0.3) is 5.69 Å². The fourth-order valence-electron chi connectivity index (χ4n) is 3.02. The van der Waals surface area contributed by atoms with Crippen molar-refractivity contribution in [2.24, 2.45) is 0 Å². The van der Waals surface area contributed by atoms with Crippen molar-refractivity contribution in [2.45, 2.75) is 19.6 Å². The van der Waals surface area contributed by atoms with E-state index in [9.17, 15) is 24.1 Å². The summed E-state index contributed by atoms with van der Waals surface area (Å²) in [5.41, 5.74) is 1.04. The SMILES string of the molecule is CC(=O)NC[C@H]1CN(c2ccc(N(C)Cc3ccc([N+](=O)[O-])cn3)c(F)c2)C(=O)O1. The maximum absolute atomic E-state index is 14.7. The molecule has 0 radical (unpaired) electrons. The van der Waals surface area contributed by atoms with Crippen molar-refractivity contribution >= 4 is 29.1 Å². The quantitative estimate of drug-likeness (QED) is 0.542. The molecular formula is C19H20FN5O5. The summed E-state index contributed by atoms with van der Waals surface area (Å²) >= 11 is 0. The van der Waals surface area contributed by atoms with E-state index in [0.29, 0.717) is 11.4 Å². The zero-order chi connectivity index (χ0) is 21.8. The smallest absolute Gasteiger partial charge is 0.414 e.